The van der Waals surface area contributed by atoms with E-state index in [0.29, 0.717) is 0 Å². The van der Waals surface area contributed by atoms with Crippen molar-refractivity contribution in [2.24, 2.45) is 11.8 Å². The first kappa shape index (κ1) is 12.0. The number of nitrogens with one attached hydrogen (secondary N) is 1. The summed E-state index contributed by atoms with van der Waals surface area (Å²) in [6.45, 7) is 2.71. The monoisotopic (exact) mass is 264 g/mol. The number of urea groups is 1. The van der Waals surface area contributed by atoms with E-state index in [1.807, 2.05) is 4.90 Å². The normalized spacial score (nSPS) is 26.3. The average molecular weight is 264 g/mol. The number of hydrogen-bond donors (Lipinski definition) is 1. The third-order valence-corrected chi connectivity index (χ3v) is 5.02. The smallest absolute Gasteiger partial charge is 0.317 e. The molecule has 3 nitrogen and oxygen atoms in total. The molecule has 0 radical (unpaired) electrons. The second-order valence-electron chi connectivity index (χ2n) is 5.47. The molecule has 1 aromatic rings. The van der Waals surface area contributed by atoms with Crippen LogP contribution in [0.3, 0.4) is 0 Å². The zero-order chi connectivity index (χ0) is 12.4. The van der Waals surface area contributed by atoms with Crippen LogP contribution in [0.5, 0.6) is 0 Å². The van der Waals surface area contributed by atoms with Gasteiger partial charge in [0.1, 0.15) is 0 Å². The van der Waals surface area contributed by atoms with Gasteiger partial charge in [0.25, 0.3) is 0 Å². The maximum Gasteiger partial charge on any atom is 0.317 e. The lowest BCUT2D eigenvalue weighted by atomic mass is 10.0. The number of nitrogens with zero attached hydrogens (tertiary/aromatic N) is 1. The Morgan fingerprint density at radius 1 is 1.39 bits per heavy atom. The van der Waals surface area contributed by atoms with Gasteiger partial charge in [-0.1, -0.05) is 6.42 Å². The Morgan fingerprint density at radius 2 is 2.17 bits per heavy atom. The molecule has 1 aliphatic carbocycles. The van der Waals surface area contributed by atoms with Crippen LogP contribution in [0, 0.1) is 11.8 Å². The number of thiophene rings is 1. The van der Waals surface area contributed by atoms with Gasteiger partial charge >= 0.3 is 6.03 Å². The molecule has 2 fully saturated rings. The van der Waals surface area contributed by atoms with Crippen LogP contribution in [-0.4, -0.2) is 30.6 Å². The molecule has 4 heteroatoms. The van der Waals surface area contributed by atoms with E-state index >= 15 is 0 Å². The summed E-state index contributed by atoms with van der Waals surface area (Å²) in [5.74, 6) is 1.57. The second-order valence-corrected chi connectivity index (χ2v) is 6.25. The van der Waals surface area contributed by atoms with E-state index in [1.165, 1.54) is 24.8 Å². The number of hydrogen-bond acceptors (Lipinski definition) is 2. The lowest BCUT2D eigenvalue weighted by Gasteiger charge is -2.17. The minimum atomic E-state index is 0.139. The fourth-order valence-electron chi connectivity index (χ4n) is 3.26. The second kappa shape index (κ2) is 5.31. The minimum Gasteiger partial charge on any atom is -0.338 e. The molecular formula is C14H20N2OS. The Bertz CT molecular complexity index is 392. The summed E-state index contributed by atoms with van der Waals surface area (Å²) in [6, 6.07) is 2.26. The van der Waals surface area contributed by atoms with Gasteiger partial charge in [-0.2, -0.15) is 11.3 Å². The van der Waals surface area contributed by atoms with E-state index in [1.54, 1.807) is 11.3 Å². The molecule has 1 N–H and O–H groups in total. The first-order chi connectivity index (χ1) is 8.83. The van der Waals surface area contributed by atoms with Crippen molar-refractivity contribution in [1.82, 2.24) is 10.2 Å². The van der Waals surface area contributed by atoms with Gasteiger partial charge in [0.05, 0.1) is 0 Å². The van der Waals surface area contributed by atoms with E-state index in [4.69, 9.17) is 0 Å². The summed E-state index contributed by atoms with van der Waals surface area (Å²) in [5, 5.41) is 7.27. The van der Waals surface area contributed by atoms with Crippen LogP contribution in [0.2, 0.25) is 0 Å². The summed E-state index contributed by atoms with van der Waals surface area (Å²) in [5.41, 5.74) is 1.32. The zero-order valence-electron chi connectivity index (χ0n) is 10.6. The molecule has 2 aliphatic rings. The summed E-state index contributed by atoms with van der Waals surface area (Å²) in [7, 11) is 0. The van der Waals surface area contributed by atoms with Gasteiger partial charge in [-0.3, -0.25) is 0 Å². The molecule has 0 unspecified atom stereocenters. The number of amides is 2. The summed E-state index contributed by atoms with van der Waals surface area (Å²) >= 11 is 1.71. The third-order valence-electron chi connectivity index (χ3n) is 4.28. The van der Waals surface area contributed by atoms with Gasteiger partial charge in [0, 0.05) is 19.6 Å². The van der Waals surface area contributed by atoms with E-state index in [-0.39, 0.29) is 6.03 Å². The molecule has 1 saturated heterocycles. The van der Waals surface area contributed by atoms with E-state index in [0.717, 1.165) is 37.9 Å². The Labute approximate surface area is 112 Å². The van der Waals surface area contributed by atoms with Crippen LogP contribution >= 0.6 is 11.3 Å². The highest BCUT2D eigenvalue weighted by Gasteiger charge is 2.37. The molecular weight excluding hydrogens is 244 g/mol. The molecule has 1 saturated carbocycles. The summed E-state index contributed by atoms with van der Waals surface area (Å²) in [4.78, 5) is 14.0. The van der Waals surface area contributed by atoms with E-state index in [2.05, 4.69) is 22.1 Å². The summed E-state index contributed by atoms with van der Waals surface area (Å²) < 4.78 is 0. The van der Waals surface area contributed by atoms with Gasteiger partial charge in [-0.15, -0.1) is 0 Å². The maximum atomic E-state index is 12.0. The van der Waals surface area contributed by atoms with E-state index in [9.17, 15) is 4.79 Å². The molecule has 0 aromatic carbocycles. The molecule has 1 aromatic heterocycles. The van der Waals surface area contributed by atoms with Crippen molar-refractivity contribution in [3.05, 3.63) is 22.4 Å². The van der Waals surface area contributed by atoms with Gasteiger partial charge in [-0.05, 0) is 53.5 Å². The molecule has 2 atom stereocenters. The van der Waals surface area contributed by atoms with E-state index < -0.39 is 0 Å². The quantitative estimate of drug-likeness (QED) is 0.894. The predicted molar refractivity (Wildman–Crippen MR) is 73.8 cm³/mol. The number of rotatable bonds is 3. The maximum absolute atomic E-state index is 12.0. The summed E-state index contributed by atoms with van der Waals surface area (Å²) in [6.07, 6.45) is 4.95. The van der Waals surface area contributed by atoms with Crippen LogP contribution in [0.25, 0.3) is 0 Å². The molecule has 98 valence electrons. The number of fused-ring (bicyclic) bond motifs is 1. The van der Waals surface area contributed by atoms with Crippen molar-refractivity contribution in [3.63, 3.8) is 0 Å². The largest absolute Gasteiger partial charge is 0.338 e. The van der Waals surface area contributed by atoms with Crippen molar-refractivity contribution in [2.75, 3.05) is 19.6 Å². The molecule has 18 heavy (non-hydrogen) atoms. The van der Waals surface area contributed by atoms with Crippen LogP contribution in [0.15, 0.2) is 16.8 Å². The highest BCUT2D eigenvalue weighted by molar-refractivity contribution is 7.07. The van der Waals surface area contributed by atoms with Gasteiger partial charge in [0.2, 0.25) is 0 Å². The predicted octanol–water partition coefficient (Wildman–Crippen LogP) is 2.73. The fourth-order valence-corrected chi connectivity index (χ4v) is 3.96. The lowest BCUT2D eigenvalue weighted by Crippen LogP contribution is -2.39. The number of carbonyl (C=O) groups excluding carboxylic acids is 1. The highest BCUT2D eigenvalue weighted by atomic mass is 32.1. The first-order valence-corrected chi connectivity index (χ1v) is 7.81. The Hall–Kier alpha value is -1.03. The molecule has 3 rings (SSSR count). The van der Waals surface area contributed by atoms with Crippen LogP contribution < -0.4 is 5.32 Å². The molecule has 2 heterocycles. The standard InChI is InChI=1S/C14H20N2OS/c17-14(15-6-4-11-5-7-18-10-11)16-8-12-2-1-3-13(12)9-16/h5,7,10,12-13H,1-4,6,8-9H2,(H,15,17)/t12-,13-/m1/s1. The Morgan fingerprint density at radius 3 is 2.83 bits per heavy atom. The fraction of sp³-hybridized carbons (Fsp3) is 0.643. The van der Waals surface area contributed by atoms with Crippen molar-refractivity contribution in [2.45, 2.75) is 25.7 Å². The average Bonchev–Trinajstić information content (AvgIpc) is 3.04. The highest BCUT2D eigenvalue weighted by Crippen LogP contribution is 2.37. The number of likely N-dealkylation sites (tertiary alicyclic amines) is 1. The van der Waals surface area contributed by atoms with Gasteiger partial charge in [0.15, 0.2) is 0 Å². The topological polar surface area (TPSA) is 32.3 Å². The minimum absolute atomic E-state index is 0.139. The van der Waals surface area contributed by atoms with Crippen LogP contribution in [0.4, 0.5) is 4.79 Å². The number of carbonyl (C=O) groups is 1. The molecule has 2 amide bonds. The van der Waals surface area contributed by atoms with Gasteiger partial charge in [-0.25, -0.2) is 4.79 Å². The molecule has 0 bridgehead atoms. The Balaban J connectivity index is 1.42. The third kappa shape index (κ3) is 2.53. The van der Waals surface area contributed by atoms with Crippen molar-refractivity contribution in [1.29, 1.82) is 0 Å². The Kier molecular flexibility index (Phi) is 3.55. The van der Waals surface area contributed by atoms with Crippen LogP contribution in [-0.2, 0) is 6.42 Å². The zero-order valence-corrected chi connectivity index (χ0v) is 11.4. The van der Waals surface area contributed by atoms with Crippen molar-refractivity contribution in [3.8, 4) is 0 Å². The first-order valence-electron chi connectivity index (χ1n) is 6.87. The molecule has 0 spiro atoms. The lowest BCUT2D eigenvalue weighted by molar-refractivity contribution is 0.205. The van der Waals surface area contributed by atoms with Crippen LogP contribution in [0.1, 0.15) is 24.8 Å². The van der Waals surface area contributed by atoms with Crippen molar-refractivity contribution >= 4 is 17.4 Å². The van der Waals surface area contributed by atoms with Gasteiger partial charge < -0.3 is 10.2 Å². The SMILES string of the molecule is O=C(NCCc1ccsc1)N1C[C@H]2CCC[C@@H]2C1. The van der Waals surface area contributed by atoms with Crippen molar-refractivity contribution < 1.29 is 4.79 Å². The molecule has 1 aliphatic heterocycles.